The van der Waals surface area contributed by atoms with Crippen LogP contribution in [0, 0.1) is 6.92 Å². The fourth-order valence-corrected chi connectivity index (χ4v) is 3.68. The van der Waals surface area contributed by atoms with Crippen LogP contribution in [0.25, 0.3) is 11.0 Å². The Morgan fingerprint density at radius 2 is 1.81 bits per heavy atom. The molecule has 1 saturated heterocycles. The van der Waals surface area contributed by atoms with Crippen LogP contribution in [0.2, 0.25) is 0 Å². The molecule has 140 valence electrons. The summed E-state index contributed by atoms with van der Waals surface area (Å²) in [4.78, 5) is 21.7. The monoisotopic (exact) mass is 364 g/mol. The van der Waals surface area contributed by atoms with E-state index in [9.17, 15) is 9.90 Å². The normalized spacial score (nSPS) is 15.4. The third-order valence-electron chi connectivity index (χ3n) is 5.31. The molecule has 1 aliphatic heterocycles. The van der Waals surface area contributed by atoms with Gasteiger partial charge in [-0.05, 0) is 25.1 Å². The van der Waals surface area contributed by atoms with Crippen LogP contribution >= 0.6 is 0 Å². The smallest absolute Gasteiger partial charge is 0.252 e. The number of hydrogen-bond donors (Lipinski definition) is 1. The van der Waals surface area contributed by atoms with Crippen molar-refractivity contribution in [3.63, 3.8) is 0 Å². The predicted molar refractivity (Wildman–Crippen MR) is 107 cm³/mol. The van der Waals surface area contributed by atoms with Gasteiger partial charge in [0, 0.05) is 57.1 Å². The molecule has 2 aromatic heterocycles. The van der Waals surface area contributed by atoms with Gasteiger partial charge in [0.15, 0.2) is 0 Å². The number of anilines is 1. The molecule has 27 heavy (non-hydrogen) atoms. The summed E-state index contributed by atoms with van der Waals surface area (Å²) >= 11 is 0. The lowest BCUT2D eigenvalue weighted by molar-refractivity contribution is 0.247. The summed E-state index contributed by atoms with van der Waals surface area (Å²) in [5, 5.41) is 9.99. The number of para-hydroxylation sites is 1. The second-order valence-electron chi connectivity index (χ2n) is 7.14. The summed E-state index contributed by atoms with van der Waals surface area (Å²) in [6.07, 6.45) is 0. The molecule has 1 N–H and O–H groups in total. The van der Waals surface area contributed by atoms with Crippen molar-refractivity contribution in [2.24, 2.45) is 7.05 Å². The van der Waals surface area contributed by atoms with Crippen LogP contribution < -0.4 is 10.5 Å². The first-order valence-electron chi connectivity index (χ1n) is 9.24. The second kappa shape index (κ2) is 7.04. The van der Waals surface area contributed by atoms with Crippen LogP contribution in [0.15, 0.2) is 47.3 Å². The van der Waals surface area contributed by atoms with Gasteiger partial charge in [-0.15, -0.1) is 0 Å². The Hall–Kier alpha value is -2.86. The Bertz CT molecular complexity index is 1040. The van der Waals surface area contributed by atoms with Crippen LogP contribution in [0.4, 0.5) is 5.69 Å². The van der Waals surface area contributed by atoms with Crippen LogP contribution in [-0.4, -0.2) is 45.7 Å². The van der Waals surface area contributed by atoms with E-state index in [0.717, 1.165) is 60.7 Å². The highest BCUT2D eigenvalue weighted by Crippen LogP contribution is 2.25. The lowest BCUT2D eigenvalue weighted by atomic mass is 10.1. The topological polar surface area (TPSA) is 61.6 Å². The van der Waals surface area contributed by atoms with Gasteiger partial charge >= 0.3 is 0 Å². The molecule has 0 atom stereocenters. The van der Waals surface area contributed by atoms with E-state index < -0.39 is 0 Å². The maximum absolute atomic E-state index is 12.4. The average molecular weight is 364 g/mol. The zero-order chi connectivity index (χ0) is 19.0. The van der Waals surface area contributed by atoms with E-state index >= 15 is 0 Å². The summed E-state index contributed by atoms with van der Waals surface area (Å²) in [5.41, 5.74) is 4.53. The van der Waals surface area contributed by atoms with E-state index in [1.807, 2.05) is 37.3 Å². The van der Waals surface area contributed by atoms with Crippen molar-refractivity contribution >= 4 is 16.7 Å². The molecular weight excluding hydrogens is 340 g/mol. The lowest BCUT2D eigenvalue weighted by Crippen LogP contribution is -2.46. The number of rotatable bonds is 3. The lowest BCUT2D eigenvalue weighted by Gasteiger charge is -2.36. The fraction of sp³-hybridized carbons (Fsp3) is 0.333. The van der Waals surface area contributed by atoms with Crippen LogP contribution in [0.3, 0.4) is 0 Å². The molecule has 0 spiro atoms. The minimum Gasteiger partial charge on any atom is -0.508 e. The number of nitrogens with zero attached hydrogens (tertiary/aromatic N) is 4. The molecule has 1 aromatic carbocycles. The molecule has 0 unspecified atom stereocenters. The number of phenolic OH excluding ortho intramolecular Hbond substituents is 1. The molecule has 6 heteroatoms. The first-order chi connectivity index (χ1) is 13.0. The fourth-order valence-electron chi connectivity index (χ4n) is 3.68. The first-order valence-corrected chi connectivity index (χ1v) is 9.24. The molecule has 0 aliphatic carbocycles. The Morgan fingerprint density at radius 3 is 2.56 bits per heavy atom. The minimum absolute atomic E-state index is 0.0141. The van der Waals surface area contributed by atoms with Gasteiger partial charge in [0.25, 0.3) is 5.56 Å². The zero-order valence-electron chi connectivity index (χ0n) is 15.7. The number of aryl methyl sites for hydroxylation is 2. The standard InChI is InChI=1S/C21H24N4O2/c1-15-7-8-17-21(22-15)18(13-20(27)23(17)2)25-11-9-24(10-12-25)14-16-5-3-4-6-19(16)26/h3-8,13,26H,9-12,14H2,1-2H3. The van der Waals surface area contributed by atoms with Gasteiger partial charge in [-0.3, -0.25) is 9.69 Å². The third kappa shape index (κ3) is 3.40. The third-order valence-corrected chi connectivity index (χ3v) is 5.31. The number of piperazine rings is 1. The minimum atomic E-state index is -0.0141. The molecule has 1 aliphatic rings. The van der Waals surface area contributed by atoms with Gasteiger partial charge < -0.3 is 14.6 Å². The van der Waals surface area contributed by atoms with Gasteiger partial charge in [-0.1, -0.05) is 18.2 Å². The molecule has 1 fully saturated rings. The molecule has 0 amide bonds. The first kappa shape index (κ1) is 17.5. The molecule has 0 bridgehead atoms. The number of pyridine rings is 2. The second-order valence-corrected chi connectivity index (χ2v) is 7.14. The maximum atomic E-state index is 12.4. The summed E-state index contributed by atoms with van der Waals surface area (Å²) in [5.74, 6) is 0.345. The molecule has 3 aromatic rings. The number of phenols is 1. The Labute approximate surface area is 158 Å². The zero-order valence-corrected chi connectivity index (χ0v) is 15.7. The maximum Gasteiger partial charge on any atom is 0.252 e. The van der Waals surface area contributed by atoms with E-state index in [1.165, 1.54) is 0 Å². The van der Waals surface area contributed by atoms with Crippen molar-refractivity contribution in [1.82, 2.24) is 14.5 Å². The molecule has 3 heterocycles. The van der Waals surface area contributed by atoms with E-state index in [4.69, 9.17) is 4.98 Å². The summed E-state index contributed by atoms with van der Waals surface area (Å²) in [7, 11) is 1.79. The number of aromatic hydroxyl groups is 1. The Morgan fingerprint density at radius 1 is 1.07 bits per heavy atom. The van der Waals surface area contributed by atoms with Crippen LogP contribution in [0.5, 0.6) is 5.75 Å². The molecule has 0 radical (unpaired) electrons. The number of aromatic nitrogens is 2. The summed E-state index contributed by atoms with van der Waals surface area (Å²) in [6, 6.07) is 13.1. The Balaban J connectivity index is 1.56. The molecule has 0 saturated carbocycles. The van der Waals surface area contributed by atoms with E-state index in [-0.39, 0.29) is 5.56 Å². The highest BCUT2D eigenvalue weighted by molar-refractivity contribution is 5.88. The van der Waals surface area contributed by atoms with E-state index in [1.54, 1.807) is 23.7 Å². The summed E-state index contributed by atoms with van der Waals surface area (Å²) in [6.45, 7) is 6.10. The van der Waals surface area contributed by atoms with Crippen molar-refractivity contribution in [3.05, 3.63) is 64.1 Å². The molecule has 6 nitrogen and oxygen atoms in total. The van der Waals surface area contributed by atoms with Crippen molar-refractivity contribution in [3.8, 4) is 5.75 Å². The quantitative estimate of drug-likeness (QED) is 0.773. The largest absolute Gasteiger partial charge is 0.508 e. The van der Waals surface area contributed by atoms with Crippen molar-refractivity contribution < 1.29 is 5.11 Å². The Kier molecular flexibility index (Phi) is 4.58. The number of fused-ring (bicyclic) bond motifs is 1. The van der Waals surface area contributed by atoms with Crippen molar-refractivity contribution in [2.45, 2.75) is 13.5 Å². The van der Waals surface area contributed by atoms with Crippen molar-refractivity contribution in [1.29, 1.82) is 0 Å². The highest BCUT2D eigenvalue weighted by atomic mass is 16.3. The van der Waals surface area contributed by atoms with Gasteiger partial charge in [0.2, 0.25) is 0 Å². The highest BCUT2D eigenvalue weighted by Gasteiger charge is 2.21. The predicted octanol–water partition coefficient (Wildman–Crippen LogP) is 2.27. The van der Waals surface area contributed by atoms with Crippen LogP contribution in [0.1, 0.15) is 11.3 Å². The molecular formula is C21H24N4O2. The van der Waals surface area contributed by atoms with Gasteiger partial charge in [-0.2, -0.15) is 0 Å². The van der Waals surface area contributed by atoms with Crippen molar-refractivity contribution in [2.75, 3.05) is 31.1 Å². The number of hydrogen-bond acceptors (Lipinski definition) is 5. The number of benzene rings is 1. The van der Waals surface area contributed by atoms with Gasteiger partial charge in [0.05, 0.1) is 11.2 Å². The average Bonchev–Trinajstić information content (AvgIpc) is 2.67. The van der Waals surface area contributed by atoms with Crippen LogP contribution in [-0.2, 0) is 13.6 Å². The SMILES string of the molecule is Cc1ccc2c(n1)c(N1CCN(Cc3ccccc3O)CC1)cc(=O)n2C. The van der Waals surface area contributed by atoms with E-state index in [0.29, 0.717) is 5.75 Å². The molecule has 4 rings (SSSR count). The van der Waals surface area contributed by atoms with E-state index in [2.05, 4.69) is 9.80 Å². The van der Waals surface area contributed by atoms with Gasteiger partial charge in [0.1, 0.15) is 11.3 Å². The summed E-state index contributed by atoms with van der Waals surface area (Å²) < 4.78 is 1.65. The van der Waals surface area contributed by atoms with Gasteiger partial charge in [-0.25, -0.2) is 4.98 Å².